The Balaban J connectivity index is 2.82. The molecule has 0 aliphatic carbocycles. The number of hydrogen-bond donors (Lipinski definition) is 1. The van der Waals surface area contributed by atoms with Crippen molar-refractivity contribution in [3.05, 3.63) is 28.8 Å². The molecule has 0 fully saturated rings. The second-order valence-electron chi connectivity index (χ2n) is 4.44. The molecule has 1 unspecified atom stereocenters. The minimum absolute atomic E-state index is 0.268. The lowest BCUT2D eigenvalue weighted by atomic mass is 10.1. The third-order valence-electron chi connectivity index (χ3n) is 2.92. The highest BCUT2D eigenvalue weighted by Crippen LogP contribution is 2.27. The number of rotatable bonds is 6. The van der Waals surface area contributed by atoms with Crippen molar-refractivity contribution in [2.75, 3.05) is 25.0 Å². The Morgan fingerprint density at radius 3 is 2.78 bits per heavy atom. The first-order valence-corrected chi connectivity index (χ1v) is 6.65. The van der Waals surface area contributed by atoms with Crippen LogP contribution in [0.1, 0.15) is 31.9 Å². The van der Waals surface area contributed by atoms with Gasteiger partial charge in [-0.25, -0.2) is 0 Å². The van der Waals surface area contributed by atoms with E-state index in [1.165, 1.54) is 0 Å². The van der Waals surface area contributed by atoms with Crippen molar-refractivity contribution in [3.63, 3.8) is 0 Å². The Bertz CT molecular complexity index is 423. The van der Waals surface area contributed by atoms with Crippen LogP contribution in [0.15, 0.2) is 18.2 Å². The van der Waals surface area contributed by atoms with Crippen molar-refractivity contribution in [1.82, 2.24) is 5.32 Å². The van der Waals surface area contributed by atoms with Gasteiger partial charge < -0.3 is 10.2 Å². The summed E-state index contributed by atoms with van der Waals surface area (Å²) in [6, 6.07) is 6.36. The second kappa shape index (κ2) is 7.31. The summed E-state index contributed by atoms with van der Waals surface area (Å²) in [5, 5.41) is 4.22. The zero-order chi connectivity index (χ0) is 13.5. The molecular weight excluding hydrogens is 244 g/mol. The van der Waals surface area contributed by atoms with E-state index in [0.29, 0.717) is 6.54 Å². The van der Waals surface area contributed by atoms with Gasteiger partial charge >= 0.3 is 0 Å². The van der Waals surface area contributed by atoms with Crippen LogP contribution in [0.4, 0.5) is 5.69 Å². The molecule has 2 nitrogen and oxygen atoms in total. The van der Waals surface area contributed by atoms with E-state index in [0.717, 1.165) is 29.2 Å². The number of benzene rings is 1. The van der Waals surface area contributed by atoms with Gasteiger partial charge in [0.1, 0.15) is 0 Å². The summed E-state index contributed by atoms with van der Waals surface area (Å²) >= 11 is 6.33. The van der Waals surface area contributed by atoms with Gasteiger partial charge in [0.15, 0.2) is 0 Å². The third-order valence-corrected chi connectivity index (χ3v) is 3.25. The maximum absolute atomic E-state index is 6.33. The first-order valence-electron chi connectivity index (χ1n) is 6.27. The summed E-state index contributed by atoms with van der Waals surface area (Å²) in [6.45, 7) is 5.86. The highest BCUT2D eigenvalue weighted by molar-refractivity contribution is 6.31. The van der Waals surface area contributed by atoms with Gasteiger partial charge in [-0.05, 0) is 37.6 Å². The molecule has 1 N–H and O–H groups in total. The molecule has 0 aliphatic heterocycles. The SMILES string of the molecule is C#CCN(C)c1ccc(C(C)NCCC)c(Cl)c1. The predicted octanol–water partition coefficient (Wildman–Crippen LogP) is 3.47. The molecule has 18 heavy (non-hydrogen) atoms. The van der Waals surface area contributed by atoms with E-state index in [9.17, 15) is 0 Å². The molecule has 0 radical (unpaired) electrons. The first-order chi connectivity index (χ1) is 8.60. The number of terminal acetylenes is 1. The molecule has 0 heterocycles. The molecule has 3 heteroatoms. The minimum Gasteiger partial charge on any atom is -0.363 e. The summed E-state index contributed by atoms with van der Waals surface area (Å²) < 4.78 is 0. The van der Waals surface area contributed by atoms with Crippen LogP contribution in [0.3, 0.4) is 0 Å². The molecule has 1 atom stereocenters. The molecule has 0 aromatic heterocycles. The van der Waals surface area contributed by atoms with Crippen molar-refractivity contribution in [1.29, 1.82) is 0 Å². The molecule has 0 aliphatic rings. The van der Waals surface area contributed by atoms with E-state index in [1.54, 1.807) is 0 Å². The van der Waals surface area contributed by atoms with E-state index < -0.39 is 0 Å². The fourth-order valence-corrected chi connectivity index (χ4v) is 2.14. The van der Waals surface area contributed by atoms with Gasteiger partial charge in [-0.2, -0.15) is 0 Å². The summed E-state index contributed by atoms with van der Waals surface area (Å²) in [5.74, 6) is 2.62. The van der Waals surface area contributed by atoms with Gasteiger partial charge in [0.05, 0.1) is 6.54 Å². The summed E-state index contributed by atoms with van der Waals surface area (Å²) in [7, 11) is 1.96. The lowest BCUT2D eigenvalue weighted by Crippen LogP contribution is -2.20. The van der Waals surface area contributed by atoms with Crippen LogP contribution < -0.4 is 10.2 Å². The quantitative estimate of drug-likeness (QED) is 0.792. The Hall–Kier alpha value is -1.17. The molecule has 0 saturated carbocycles. The number of anilines is 1. The normalized spacial score (nSPS) is 11.9. The molecule has 1 aromatic carbocycles. The van der Waals surface area contributed by atoms with Crippen molar-refractivity contribution < 1.29 is 0 Å². The maximum atomic E-state index is 6.33. The van der Waals surface area contributed by atoms with Crippen molar-refractivity contribution in [2.45, 2.75) is 26.3 Å². The van der Waals surface area contributed by atoms with Crippen LogP contribution in [0, 0.1) is 12.3 Å². The van der Waals surface area contributed by atoms with Crippen LogP contribution in [-0.4, -0.2) is 20.1 Å². The van der Waals surface area contributed by atoms with Gasteiger partial charge in [-0.15, -0.1) is 6.42 Å². The molecule has 98 valence electrons. The van der Waals surface area contributed by atoms with Gasteiger partial charge in [-0.3, -0.25) is 0 Å². The highest BCUT2D eigenvalue weighted by atomic mass is 35.5. The number of nitrogens with zero attached hydrogens (tertiary/aromatic N) is 1. The molecule has 1 rings (SSSR count). The highest BCUT2D eigenvalue weighted by Gasteiger charge is 2.10. The molecular formula is C15H21ClN2. The zero-order valence-corrected chi connectivity index (χ0v) is 12.1. The largest absolute Gasteiger partial charge is 0.363 e. The standard InChI is InChI=1S/C15H21ClN2/c1-5-9-17-12(3)14-8-7-13(11-15(14)16)18(4)10-6-2/h2,7-8,11-12,17H,5,9-10H2,1,3-4H3. The van der Waals surface area contributed by atoms with Crippen LogP contribution in [0.2, 0.25) is 5.02 Å². The van der Waals surface area contributed by atoms with Crippen molar-refractivity contribution in [3.8, 4) is 12.3 Å². The molecule has 0 amide bonds. The van der Waals surface area contributed by atoms with Crippen LogP contribution in [0.5, 0.6) is 0 Å². The first kappa shape index (κ1) is 14.9. The van der Waals surface area contributed by atoms with E-state index in [4.69, 9.17) is 18.0 Å². The van der Waals surface area contributed by atoms with E-state index in [-0.39, 0.29) is 6.04 Å². The second-order valence-corrected chi connectivity index (χ2v) is 4.85. The van der Waals surface area contributed by atoms with Crippen molar-refractivity contribution >= 4 is 17.3 Å². The zero-order valence-electron chi connectivity index (χ0n) is 11.3. The summed E-state index contributed by atoms with van der Waals surface area (Å²) in [6.07, 6.45) is 6.42. The Kier molecular flexibility index (Phi) is 6.04. The molecule has 0 spiro atoms. The van der Waals surface area contributed by atoms with Crippen LogP contribution >= 0.6 is 11.6 Å². The van der Waals surface area contributed by atoms with E-state index >= 15 is 0 Å². The topological polar surface area (TPSA) is 15.3 Å². The van der Waals surface area contributed by atoms with E-state index in [1.807, 2.05) is 18.0 Å². The molecule has 0 saturated heterocycles. The fourth-order valence-electron chi connectivity index (χ4n) is 1.80. The fraction of sp³-hybridized carbons (Fsp3) is 0.467. The Morgan fingerprint density at radius 2 is 2.22 bits per heavy atom. The number of hydrogen-bond acceptors (Lipinski definition) is 2. The monoisotopic (exact) mass is 264 g/mol. The third kappa shape index (κ3) is 3.94. The van der Waals surface area contributed by atoms with E-state index in [2.05, 4.69) is 37.2 Å². The summed E-state index contributed by atoms with van der Waals surface area (Å²) in [4.78, 5) is 2.00. The average Bonchev–Trinajstić information content (AvgIpc) is 2.36. The molecule has 1 aromatic rings. The van der Waals surface area contributed by atoms with Gasteiger partial charge in [0.25, 0.3) is 0 Å². The van der Waals surface area contributed by atoms with Gasteiger partial charge in [0, 0.05) is 23.8 Å². The Labute approximate surface area is 115 Å². The summed E-state index contributed by atoms with van der Waals surface area (Å²) in [5.41, 5.74) is 2.17. The number of nitrogens with one attached hydrogen (secondary N) is 1. The predicted molar refractivity (Wildman–Crippen MR) is 80.3 cm³/mol. The minimum atomic E-state index is 0.268. The molecule has 0 bridgehead atoms. The Morgan fingerprint density at radius 1 is 1.50 bits per heavy atom. The van der Waals surface area contributed by atoms with Gasteiger partial charge in [0.2, 0.25) is 0 Å². The lowest BCUT2D eigenvalue weighted by molar-refractivity contribution is 0.571. The van der Waals surface area contributed by atoms with Crippen LogP contribution in [-0.2, 0) is 0 Å². The maximum Gasteiger partial charge on any atom is 0.0788 e. The van der Waals surface area contributed by atoms with Crippen molar-refractivity contribution in [2.24, 2.45) is 0 Å². The number of halogens is 1. The van der Waals surface area contributed by atoms with Crippen LogP contribution in [0.25, 0.3) is 0 Å². The lowest BCUT2D eigenvalue weighted by Gasteiger charge is -2.20. The smallest absolute Gasteiger partial charge is 0.0788 e. The average molecular weight is 265 g/mol. The van der Waals surface area contributed by atoms with Gasteiger partial charge in [-0.1, -0.05) is 30.5 Å².